The zero-order chi connectivity index (χ0) is 23.6. The van der Waals surface area contributed by atoms with Gasteiger partial charge >= 0.3 is 0 Å². The fourth-order valence-electron chi connectivity index (χ4n) is 4.53. The van der Waals surface area contributed by atoms with Crippen molar-refractivity contribution in [1.29, 1.82) is 0 Å². The Labute approximate surface area is 201 Å². The summed E-state index contributed by atoms with van der Waals surface area (Å²) in [5.74, 6) is 0.982. The second-order valence-corrected chi connectivity index (χ2v) is 9.30. The van der Waals surface area contributed by atoms with Gasteiger partial charge in [-0.3, -0.25) is 4.79 Å². The molecular weight excluding hydrogens is 410 g/mol. The number of nitrogens with zero attached hydrogens (tertiary/aromatic N) is 2. The van der Waals surface area contributed by atoms with Crippen molar-refractivity contribution >= 4 is 16.9 Å². The molecule has 0 fully saturated rings. The van der Waals surface area contributed by atoms with Gasteiger partial charge in [0.25, 0.3) is 0 Å². The number of amides is 1. The van der Waals surface area contributed by atoms with E-state index in [0.717, 1.165) is 24.3 Å². The third kappa shape index (κ3) is 11.2. The fourth-order valence-corrected chi connectivity index (χ4v) is 4.53. The maximum atomic E-state index is 11.6. The Balaban J connectivity index is 1.60. The van der Waals surface area contributed by atoms with E-state index in [1.165, 1.54) is 103 Å². The van der Waals surface area contributed by atoms with E-state index < -0.39 is 0 Å². The average Bonchev–Trinajstić information content (AvgIpc) is 3.17. The molecule has 1 aromatic carbocycles. The number of hydrogen-bond donors (Lipinski definition) is 1. The molecule has 2 rings (SSSR count). The average molecular weight is 458 g/mol. The van der Waals surface area contributed by atoms with E-state index >= 15 is 0 Å². The lowest BCUT2D eigenvalue weighted by Crippen LogP contribution is -2.29. The van der Waals surface area contributed by atoms with E-state index in [1.807, 2.05) is 6.07 Å². The maximum Gasteiger partial charge on any atom is 0.245 e. The molecule has 33 heavy (non-hydrogen) atoms. The monoisotopic (exact) mass is 457 g/mol. The standard InChI is InChI=1S/C28H47N3O2/c1-3-4-5-6-7-8-9-10-11-12-13-14-15-18-23-31-26-20-17-16-19-25(26)30-27(31)21-22-29-28(32)24-33-2/h16-17,19-20H,3-15,18,21-24H2,1-2H3,(H,29,32). The van der Waals surface area contributed by atoms with Crippen molar-refractivity contribution in [3.05, 3.63) is 30.1 Å². The highest BCUT2D eigenvalue weighted by atomic mass is 16.5. The first kappa shape index (κ1) is 27.4. The zero-order valence-corrected chi connectivity index (χ0v) is 21.2. The topological polar surface area (TPSA) is 56.2 Å². The third-order valence-corrected chi connectivity index (χ3v) is 6.42. The lowest BCUT2D eigenvalue weighted by atomic mass is 10.0. The minimum atomic E-state index is -0.0767. The Morgan fingerprint density at radius 2 is 1.45 bits per heavy atom. The number of aryl methyl sites for hydroxylation is 1. The number of hydrogen-bond acceptors (Lipinski definition) is 3. The predicted octanol–water partition coefficient (Wildman–Crippen LogP) is 6.82. The van der Waals surface area contributed by atoms with Crippen molar-refractivity contribution < 1.29 is 9.53 Å². The van der Waals surface area contributed by atoms with Crippen molar-refractivity contribution in [3.63, 3.8) is 0 Å². The van der Waals surface area contributed by atoms with Crippen LogP contribution in [0.2, 0.25) is 0 Å². The molecule has 0 aliphatic carbocycles. The van der Waals surface area contributed by atoms with Gasteiger partial charge in [0.2, 0.25) is 5.91 Å². The molecule has 1 heterocycles. The molecule has 2 aromatic rings. The molecule has 0 aliphatic heterocycles. The Morgan fingerprint density at radius 1 is 0.879 bits per heavy atom. The molecule has 0 unspecified atom stereocenters. The summed E-state index contributed by atoms with van der Waals surface area (Å²) in [5.41, 5.74) is 2.24. The third-order valence-electron chi connectivity index (χ3n) is 6.42. The van der Waals surface area contributed by atoms with Crippen molar-refractivity contribution in [2.24, 2.45) is 0 Å². The SMILES string of the molecule is CCCCCCCCCCCCCCCCn1c(CCNC(=O)COC)nc2ccccc21. The normalized spacial score (nSPS) is 11.3. The molecule has 1 aromatic heterocycles. The molecule has 5 nitrogen and oxygen atoms in total. The summed E-state index contributed by atoms with van der Waals surface area (Å²) < 4.78 is 7.22. The number of rotatable bonds is 20. The quantitative estimate of drug-likeness (QED) is 0.222. The number of carbonyl (C=O) groups excluding carboxylic acids is 1. The molecule has 0 radical (unpaired) electrons. The number of nitrogens with one attached hydrogen (secondary N) is 1. The smallest absolute Gasteiger partial charge is 0.245 e. The number of unbranched alkanes of at least 4 members (excludes halogenated alkanes) is 13. The van der Waals surface area contributed by atoms with Crippen LogP contribution in [0.5, 0.6) is 0 Å². The highest BCUT2D eigenvalue weighted by Gasteiger charge is 2.10. The molecule has 5 heteroatoms. The first-order chi connectivity index (χ1) is 16.3. The molecule has 0 aliphatic rings. The van der Waals surface area contributed by atoms with Crippen LogP contribution in [0.15, 0.2) is 24.3 Å². The van der Waals surface area contributed by atoms with Crippen molar-refractivity contribution in [2.45, 2.75) is 110 Å². The Kier molecular flexibility index (Phi) is 14.6. The van der Waals surface area contributed by atoms with Crippen molar-refractivity contribution in [1.82, 2.24) is 14.9 Å². The number of fused-ring (bicyclic) bond motifs is 1. The van der Waals surface area contributed by atoms with Gasteiger partial charge in [-0.2, -0.15) is 0 Å². The summed E-state index contributed by atoms with van der Waals surface area (Å²) in [6.45, 7) is 3.98. The lowest BCUT2D eigenvalue weighted by molar-refractivity contribution is -0.124. The summed E-state index contributed by atoms with van der Waals surface area (Å²) in [6, 6.07) is 8.34. The minimum absolute atomic E-state index is 0.0767. The predicted molar refractivity (Wildman–Crippen MR) is 139 cm³/mol. The second kappa shape index (κ2) is 17.6. The Bertz CT molecular complexity index is 772. The van der Waals surface area contributed by atoms with Crippen LogP contribution in [0.4, 0.5) is 0 Å². The molecule has 0 bridgehead atoms. The molecule has 1 amide bonds. The van der Waals surface area contributed by atoms with Gasteiger partial charge in [0.1, 0.15) is 12.4 Å². The highest BCUT2D eigenvalue weighted by Crippen LogP contribution is 2.18. The van der Waals surface area contributed by atoms with Crippen molar-refractivity contribution in [3.8, 4) is 0 Å². The summed E-state index contributed by atoms with van der Waals surface area (Å²) >= 11 is 0. The number of ether oxygens (including phenoxy) is 1. The summed E-state index contributed by atoms with van der Waals surface area (Å²) in [4.78, 5) is 16.5. The van der Waals surface area contributed by atoms with Gasteiger partial charge in [-0.05, 0) is 18.6 Å². The van der Waals surface area contributed by atoms with E-state index in [-0.39, 0.29) is 12.5 Å². The molecule has 0 saturated heterocycles. The van der Waals surface area contributed by atoms with E-state index in [1.54, 1.807) is 0 Å². The van der Waals surface area contributed by atoms with E-state index in [2.05, 4.69) is 35.0 Å². The van der Waals surface area contributed by atoms with Gasteiger partial charge in [-0.1, -0.05) is 103 Å². The van der Waals surface area contributed by atoms with Crippen LogP contribution in [0.25, 0.3) is 11.0 Å². The van der Waals surface area contributed by atoms with Crippen LogP contribution < -0.4 is 5.32 Å². The van der Waals surface area contributed by atoms with Gasteiger partial charge in [0.15, 0.2) is 0 Å². The first-order valence-electron chi connectivity index (χ1n) is 13.5. The zero-order valence-electron chi connectivity index (χ0n) is 21.2. The van der Waals surface area contributed by atoms with Crippen LogP contribution in [-0.2, 0) is 22.5 Å². The summed E-state index contributed by atoms with van der Waals surface area (Å²) in [7, 11) is 1.54. The largest absolute Gasteiger partial charge is 0.375 e. The van der Waals surface area contributed by atoms with Crippen LogP contribution in [0, 0.1) is 0 Å². The number of benzene rings is 1. The number of aromatic nitrogens is 2. The number of methoxy groups -OCH3 is 1. The van der Waals surface area contributed by atoms with Crippen molar-refractivity contribution in [2.75, 3.05) is 20.3 Å². The van der Waals surface area contributed by atoms with Crippen LogP contribution >= 0.6 is 0 Å². The highest BCUT2D eigenvalue weighted by molar-refractivity contribution is 5.77. The van der Waals surface area contributed by atoms with Gasteiger partial charge in [0, 0.05) is 26.6 Å². The molecular formula is C28H47N3O2. The van der Waals surface area contributed by atoms with Gasteiger partial charge in [0.05, 0.1) is 11.0 Å². The van der Waals surface area contributed by atoms with Crippen LogP contribution in [0.1, 0.15) is 103 Å². The van der Waals surface area contributed by atoms with Gasteiger partial charge in [-0.25, -0.2) is 4.98 Å². The van der Waals surface area contributed by atoms with Gasteiger partial charge < -0.3 is 14.6 Å². The number of para-hydroxylation sites is 2. The van der Waals surface area contributed by atoms with Crippen LogP contribution in [0.3, 0.4) is 0 Å². The van der Waals surface area contributed by atoms with Crippen LogP contribution in [-0.4, -0.2) is 35.7 Å². The molecule has 186 valence electrons. The lowest BCUT2D eigenvalue weighted by Gasteiger charge is -2.10. The molecule has 1 N–H and O–H groups in total. The number of imidazole rings is 1. The fraction of sp³-hybridized carbons (Fsp3) is 0.714. The molecule has 0 saturated carbocycles. The summed E-state index contributed by atoms with van der Waals surface area (Å²) in [6.07, 6.45) is 20.0. The Hall–Kier alpha value is -1.88. The minimum Gasteiger partial charge on any atom is -0.375 e. The number of carbonyl (C=O) groups is 1. The van der Waals surface area contributed by atoms with Gasteiger partial charge in [-0.15, -0.1) is 0 Å². The first-order valence-corrected chi connectivity index (χ1v) is 13.5. The van der Waals surface area contributed by atoms with E-state index in [4.69, 9.17) is 9.72 Å². The molecule has 0 spiro atoms. The Morgan fingerprint density at radius 3 is 2.06 bits per heavy atom. The van der Waals surface area contributed by atoms with E-state index in [0.29, 0.717) is 6.54 Å². The molecule has 0 atom stereocenters. The summed E-state index contributed by atoms with van der Waals surface area (Å²) in [5, 5.41) is 2.91. The van der Waals surface area contributed by atoms with E-state index in [9.17, 15) is 4.79 Å². The second-order valence-electron chi connectivity index (χ2n) is 9.30. The maximum absolute atomic E-state index is 11.6.